The minimum absolute atomic E-state index is 0.0414. The zero-order chi connectivity index (χ0) is 9.68. The Morgan fingerprint density at radius 3 is 3.08 bits per heavy atom. The summed E-state index contributed by atoms with van der Waals surface area (Å²) in [7, 11) is 2.09. The number of hydrogen-bond acceptors (Lipinski definition) is 3. The Kier molecular flexibility index (Phi) is 4.18. The van der Waals surface area contributed by atoms with Gasteiger partial charge in [-0.3, -0.25) is 4.79 Å². The van der Waals surface area contributed by atoms with Gasteiger partial charge in [0.05, 0.1) is 6.54 Å². The van der Waals surface area contributed by atoms with Crippen LogP contribution in [0.1, 0.15) is 19.3 Å². The largest absolute Gasteiger partial charge is 0.351 e. The van der Waals surface area contributed by atoms with Crippen LogP contribution >= 0.6 is 0 Å². The molecule has 1 saturated heterocycles. The van der Waals surface area contributed by atoms with Gasteiger partial charge >= 0.3 is 0 Å². The molecule has 1 aliphatic heterocycles. The van der Waals surface area contributed by atoms with Crippen LogP contribution in [-0.4, -0.2) is 43.5 Å². The van der Waals surface area contributed by atoms with Crippen LogP contribution in [0.4, 0.5) is 0 Å². The Hall–Kier alpha value is -0.610. The highest BCUT2D eigenvalue weighted by Crippen LogP contribution is 2.08. The quantitative estimate of drug-likeness (QED) is 0.612. The molecule has 0 aromatic carbocycles. The van der Waals surface area contributed by atoms with E-state index in [9.17, 15) is 4.79 Å². The lowest BCUT2D eigenvalue weighted by atomic mass is 10.1. The van der Waals surface area contributed by atoms with Crippen molar-refractivity contribution in [3.05, 3.63) is 0 Å². The monoisotopic (exact) mass is 185 g/mol. The molecule has 4 nitrogen and oxygen atoms in total. The molecule has 1 atom stereocenters. The highest BCUT2D eigenvalue weighted by molar-refractivity contribution is 5.78. The fraction of sp³-hybridized carbons (Fsp3) is 0.889. The van der Waals surface area contributed by atoms with Gasteiger partial charge in [0.15, 0.2) is 0 Å². The average molecular weight is 185 g/mol. The van der Waals surface area contributed by atoms with Crippen LogP contribution < -0.4 is 11.1 Å². The summed E-state index contributed by atoms with van der Waals surface area (Å²) in [6, 6.07) is 0.295. The van der Waals surface area contributed by atoms with E-state index >= 15 is 0 Å². The fourth-order valence-electron chi connectivity index (χ4n) is 1.74. The number of carbonyl (C=O) groups excluding carboxylic acids is 1. The van der Waals surface area contributed by atoms with Crippen molar-refractivity contribution < 1.29 is 4.79 Å². The molecule has 1 aliphatic rings. The summed E-state index contributed by atoms with van der Waals surface area (Å²) < 4.78 is 0. The van der Waals surface area contributed by atoms with Gasteiger partial charge in [-0.25, -0.2) is 0 Å². The molecule has 0 saturated carbocycles. The Bertz CT molecular complexity index is 172. The Morgan fingerprint density at radius 2 is 2.38 bits per heavy atom. The molecule has 1 rings (SSSR count). The molecule has 0 aliphatic carbocycles. The number of nitrogens with one attached hydrogen (secondary N) is 1. The number of nitrogens with two attached hydrogens (primary N) is 1. The second-order valence-electron chi connectivity index (χ2n) is 3.73. The van der Waals surface area contributed by atoms with E-state index in [4.69, 9.17) is 5.73 Å². The van der Waals surface area contributed by atoms with Gasteiger partial charge in [0.1, 0.15) is 0 Å². The highest BCUT2D eigenvalue weighted by Gasteiger charge is 2.16. The molecule has 0 radical (unpaired) electrons. The summed E-state index contributed by atoms with van der Waals surface area (Å²) in [5.41, 5.74) is 5.24. The van der Waals surface area contributed by atoms with Crippen LogP contribution in [0.2, 0.25) is 0 Å². The van der Waals surface area contributed by atoms with E-state index in [1.807, 2.05) is 0 Å². The van der Waals surface area contributed by atoms with Crippen LogP contribution in [-0.2, 0) is 4.79 Å². The van der Waals surface area contributed by atoms with Crippen molar-refractivity contribution in [2.75, 3.05) is 26.7 Å². The van der Waals surface area contributed by atoms with E-state index in [1.165, 1.54) is 12.8 Å². The van der Waals surface area contributed by atoms with Crippen molar-refractivity contribution >= 4 is 5.91 Å². The summed E-state index contributed by atoms with van der Waals surface area (Å²) in [4.78, 5) is 13.3. The lowest BCUT2D eigenvalue weighted by Gasteiger charge is -2.20. The number of likely N-dealkylation sites (tertiary alicyclic amines) is 1. The lowest BCUT2D eigenvalue weighted by Crippen LogP contribution is -2.43. The van der Waals surface area contributed by atoms with Crippen LogP contribution in [0.5, 0.6) is 0 Å². The molecule has 1 amide bonds. The maximum atomic E-state index is 11.0. The Labute approximate surface area is 79.5 Å². The third kappa shape index (κ3) is 3.74. The number of amides is 1. The maximum Gasteiger partial charge on any atom is 0.233 e. The third-order valence-electron chi connectivity index (χ3n) is 2.42. The highest BCUT2D eigenvalue weighted by atomic mass is 16.1. The number of nitrogens with zero attached hydrogens (tertiary/aromatic N) is 1. The molecular formula is C9H19N3O. The number of likely N-dealkylation sites (N-methyl/N-ethyl adjacent to an activating group) is 1. The summed E-state index contributed by atoms with van der Waals surface area (Å²) in [6.45, 7) is 2.18. The van der Waals surface area contributed by atoms with E-state index in [0.29, 0.717) is 6.04 Å². The van der Waals surface area contributed by atoms with Gasteiger partial charge in [-0.1, -0.05) is 6.42 Å². The maximum absolute atomic E-state index is 11.0. The smallest absolute Gasteiger partial charge is 0.233 e. The van der Waals surface area contributed by atoms with E-state index < -0.39 is 0 Å². The number of rotatable bonds is 2. The molecule has 1 unspecified atom stereocenters. The van der Waals surface area contributed by atoms with E-state index in [1.54, 1.807) is 0 Å². The van der Waals surface area contributed by atoms with Crippen LogP contribution in [0.15, 0.2) is 0 Å². The molecule has 1 fully saturated rings. The SMILES string of the molecule is CN1CCCCC(NC(=O)CN)C1. The molecule has 0 aromatic heterocycles. The van der Waals surface area contributed by atoms with Gasteiger partial charge in [-0.2, -0.15) is 0 Å². The molecule has 13 heavy (non-hydrogen) atoms. The molecule has 0 spiro atoms. The number of hydrogen-bond donors (Lipinski definition) is 2. The first-order valence-corrected chi connectivity index (χ1v) is 4.90. The Balaban J connectivity index is 2.34. The van der Waals surface area contributed by atoms with Crippen LogP contribution in [0.25, 0.3) is 0 Å². The van der Waals surface area contributed by atoms with Gasteiger partial charge < -0.3 is 16.0 Å². The third-order valence-corrected chi connectivity index (χ3v) is 2.42. The molecule has 76 valence electrons. The van der Waals surface area contributed by atoms with Crippen molar-refractivity contribution in [3.63, 3.8) is 0 Å². The molecule has 4 heteroatoms. The molecule has 0 bridgehead atoms. The lowest BCUT2D eigenvalue weighted by molar-refractivity contribution is -0.120. The van der Waals surface area contributed by atoms with E-state index in [-0.39, 0.29) is 12.5 Å². The van der Waals surface area contributed by atoms with Gasteiger partial charge in [-0.15, -0.1) is 0 Å². The van der Waals surface area contributed by atoms with Crippen molar-refractivity contribution in [1.29, 1.82) is 0 Å². The zero-order valence-corrected chi connectivity index (χ0v) is 8.25. The summed E-state index contributed by atoms with van der Waals surface area (Å²) in [5.74, 6) is -0.0414. The topological polar surface area (TPSA) is 58.4 Å². The first-order valence-electron chi connectivity index (χ1n) is 4.90. The van der Waals surface area contributed by atoms with Gasteiger partial charge in [0, 0.05) is 12.6 Å². The van der Waals surface area contributed by atoms with Crippen molar-refractivity contribution in [2.24, 2.45) is 5.73 Å². The van der Waals surface area contributed by atoms with Gasteiger partial charge in [0.25, 0.3) is 0 Å². The molecule has 0 aromatic rings. The first-order chi connectivity index (χ1) is 6.22. The fourth-order valence-corrected chi connectivity index (χ4v) is 1.74. The standard InChI is InChI=1S/C9H19N3O/c1-12-5-3-2-4-8(7-12)11-9(13)6-10/h8H,2-7,10H2,1H3,(H,11,13). The second kappa shape index (κ2) is 5.19. The van der Waals surface area contributed by atoms with Crippen LogP contribution in [0.3, 0.4) is 0 Å². The second-order valence-corrected chi connectivity index (χ2v) is 3.73. The average Bonchev–Trinajstić information content (AvgIpc) is 2.30. The minimum Gasteiger partial charge on any atom is -0.351 e. The minimum atomic E-state index is -0.0414. The van der Waals surface area contributed by atoms with Crippen LogP contribution in [0, 0.1) is 0 Å². The Morgan fingerprint density at radius 1 is 1.62 bits per heavy atom. The summed E-state index contributed by atoms with van der Waals surface area (Å²) in [5, 5.41) is 2.93. The summed E-state index contributed by atoms with van der Waals surface area (Å²) in [6.07, 6.45) is 3.50. The predicted octanol–water partition coefficient (Wildman–Crippen LogP) is -0.454. The van der Waals surface area contributed by atoms with Crippen molar-refractivity contribution in [1.82, 2.24) is 10.2 Å². The van der Waals surface area contributed by atoms with Gasteiger partial charge in [-0.05, 0) is 26.4 Å². The summed E-state index contributed by atoms with van der Waals surface area (Å²) >= 11 is 0. The molecular weight excluding hydrogens is 166 g/mol. The normalized spacial score (nSPS) is 25.2. The van der Waals surface area contributed by atoms with Crippen molar-refractivity contribution in [2.45, 2.75) is 25.3 Å². The van der Waals surface area contributed by atoms with Gasteiger partial charge in [0.2, 0.25) is 5.91 Å². The molecule has 1 heterocycles. The predicted molar refractivity (Wildman–Crippen MR) is 52.3 cm³/mol. The number of carbonyl (C=O) groups is 1. The first kappa shape index (κ1) is 10.5. The van der Waals surface area contributed by atoms with Crippen molar-refractivity contribution in [3.8, 4) is 0 Å². The zero-order valence-electron chi connectivity index (χ0n) is 8.25. The molecule has 3 N–H and O–H groups in total. The van der Waals surface area contributed by atoms with E-state index in [2.05, 4.69) is 17.3 Å². The van der Waals surface area contributed by atoms with E-state index in [0.717, 1.165) is 19.5 Å².